The van der Waals surface area contributed by atoms with Crippen molar-refractivity contribution in [1.82, 2.24) is 15.1 Å². The zero-order valence-corrected chi connectivity index (χ0v) is 16.2. The highest BCUT2D eigenvalue weighted by molar-refractivity contribution is 9.10. The number of nitrogens with one attached hydrogen (secondary N) is 1. The molecule has 1 aromatic heterocycles. The molecule has 0 saturated heterocycles. The molecule has 1 unspecified atom stereocenters. The zero-order valence-electron chi connectivity index (χ0n) is 14.6. The van der Waals surface area contributed by atoms with Gasteiger partial charge in [-0.15, -0.1) is 0 Å². The van der Waals surface area contributed by atoms with Gasteiger partial charge in [-0.05, 0) is 37.1 Å². The van der Waals surface area contributed by atoms with Crippen molar-refractivity contribution in [3.8, 4) is 11.5 Å². The summed E-state index contributed by atoms with van der Waals surface area (Å²) in [5.41, 5.74) is 0.856. The van der Waals surface area contributed by atoms with E-state index in [1.807, 2.05) is 26.0 Å². The Kier molecular flexibility index (Phi) is 5.61. The monoisotopic (exact) mass is 421 g/mol. The van der Waals surface area contributed by atoms with Crippen LogP contribution in [0.4, 0.5) is 0 Å². The van der Waals surface area contributed by atoms with Crippen LogP contribution in [0.15, 0.2) is 33.5 Å². The predicted molar refractivity (Wildman–Crippen MR) is 99.8 cm³/mol. The van der Waals surface area contributed by atoms with Gasteiger partial charge in [0.25, 0.3) is 11.5 Å². The van der Waals surface area contributed by atoms with Gasteiger partial charge >= 0.3 is 0 Å². The van der Waals surface area contributed by atoms with Gasteiger partial charge in [0.1, 0.15) is 18.9 Å². The van der Waals surface area contributed by atoms with Crippen LogP contribution in [0.2, 0.25) is 0 Å². The quantitative estimate of drug-likeness (QED) is 0.802. The third-order valence-electron chi connectivity index (χ3n) is 4.01. The topological polar surface area (TPSA) is 82.5 Å². The zero-order chi connectivity index (χ0) is 18.7. The summed E-state index contributed by atoms with van der Waals surface area (Å²) in [6, 6.07) is 6.21. The van der Waals surface area contributed by atoms with Crippen LogP contribution in [0.25, 0.3) is 0 Å². The van der Waals surface area contributed by atoms with Crippen molar-refractivity contribution in [2.24, 2.45) is 0 Å². The number of aryl methyl sites for hydroxylation is 1. The largest absolute Gasteiger partial charge is 0.486 e. The summed E-state index contributed by atoms with van der Waals surface area (Å²) < 4.78 is 13.3. The number of hydrogen-bond acceptors (Lipinski definition) is 5. The Labute approximate surface area is 159 Å². The second kappa shape index (κ2) is 7.90. The Morgan fingerprint density at radius 1 is 1.31 bits per heavy atom. The van der Waals surface area contributed by atoms with Crippen molar-refractivity contribution in [3.63, 3.8) is 0 Å². The Morgan fingerprint density at radius 2 is 2.00 bits per heavy atom. The maximum atomic E-state index is 12.5. The van der Waals surface area contributed by atoms with Gasteiger partial charge < -0.3 is 14.8 Å². The molecule has 1 atom stereocenters. The molecule has 1 aliphatic rings. The van der Waals surface area contributed by atoms with Gasteiger partial charge in [-0.25, -0.2) is 4.68 Å². The SMILES string of the molecule is CCCn1nc(C(=O)NC(C)c2cc3c(cc2Br)OCCO3)ccc1=O. The van der Waals surface area contributed by atoms with Gasteiger partial charge in [0.05, 0.1) is 6.04 Å². The molecule has 1 N–H and O–H groups in total. The first kappa shape index (κ1) is 18.4. The molecule has 1 amide bonds. The molecule has 0 aliphatic carbocycles. The number of ether oxygens (including phenoxy) is 2. The fourth-order valence-electron chi connectivity index (χ4n) is 2.70. The maximum Gasteiger partial charge on any atom is 0.272 e. The van der Waals surface area contributed by atoms with E-state index in [0.29, 0.717) is 31.3 Å². The van der Waals surface area contributed by atoms with Crippen LogP contribution in [-0.4, -0.2) is 28.9 Å². The Hall–Kier alpha value is -2.35. The summed E-state index contributed by atoms with van der Waals surface area (Å²) >= 11 is 3.52. The van der Waals surface area contributed by atoms with Gasteiger partial charge in [-0.2, -0.15) is 5.10 Å². The summed E-state index contributed by atoms with van der Waals surface area (Å²) in [5, 5.41) is 7.04. The van der Waals surface area contributed by atoms with E-state index in [4.69, 9.17) is 9.47 Å². The van der Waals surface area contributed by atoms with Gasteiger partial charge in [-0.3, -0.25) is 9.59 Å². The van der Waals surface area contributed by atoms with Crippen LogP contribution in [0.3, 0.4) is 0 Å². The van der Waals surface area contributed by atoms with Gasteiger partial charge in [0.2, 0.25) is 0 Å². The summed E-state index contributed by atoms with van der Waals surface area (Å²) in [7, 11) is 0. The number of rotatable bonds is 5. The molecule has 0 bridgehead atoms. The lowest BCUT2D eigenvalue weighted by molar-refractivity contribution is 0.0932. The van der Waals surface area contributed by atoms with E-state index >= 15 is 0 Å². The molecule has 0 fully saturated rings. The average molecular weight is 422 g/mol. The van der Waals surface area contributed by atoms with E-state index in [9.17, 15) is 9.59 Å². The number of fused-ring (bicyclic) bond motifs is 1. The van der Waals surface area contributed by atoms with Crippen molar-refractivity contribution in [2.75, 3.05) is 13.2 Å². The Balaban J connectivity index is 1.79. The van der Waals surface area contributed by atoms with Gasteiger partial charge in [0.15, 0.2) is 11.5 Å². The Morgan fingerprint density at radius 3 is 2.69 bits per heavy atom. The number of carbonyl (C=O) groups is 1. The van der Waals surface area contributed by atoms with Crippen LogP contribution >= 0.6 is 15.9 Å². The number of benzene rings is 1. The third kappa shape index (κ3) is 3.90. The van der Waals surface area contributed by atoms with Crippen molar-refractivity contribution in [3.05, 3.63) is 50.3 Å². The maximum absolute atomic E-state index is 12.5. The molecule has 0 spiro atoms. The highest BCUT2D eigenvalue weighted by Gasteiger charge is 2.20. The summed E-state index contributed by atoms with van der Waals surface area (Å²) in [6.45, 7) is 5.31. The first-order valence-corrected chi connectivity index (χ1v) is 9.27. The minimum Gasteiger partial charge on any atom is -0.486 e. The molecule has 7 nitrogen and oxygen atoms in total. The van der Waals surface area contributed by atoms with E-state index < -0.39 is 0 Å². The van der Waals surface area contributed by atoms with Gasteiger partial charge in [-0.1, -0.05) is 22.9 Å². The van der Waals surface area contributed by atoms with Crippen LogP contribution in [0.1, 0.15) is 42.4 Å². The lowest BCUT2D eigenvalue weighted by Crippen LogP contribution is -2.31. The van der Waals surface area contributed by atoms with Crippen molar-refractivity contribution in [2.45, 2.75) is 32.9 Å². The van der Waals surface area contributed by atoms with Crippen LogP contribution < -0.4 is 20.3 Å². The van der Waals surface area contributed by atoms with Crippen molar-refractivity contribution >= 4 is 21.8 Å². The van der Waals surface area contributed by atoms with Crippen LogP contribution in [0.5, 0.6) is 11.5 Å². The van der Waals surface area contributed by atoms with E-state index in [1.165, 1.54) is 16.8 Å². The standard InChI is InChI=1S/C18H20BrN3O4/c1-3-6-22-17(23)5-4-14(21-22)18(24)20-11(2)12-9-15-16(10-13(12)19)26-8-7-25-15/h4-5,9-11H,3,6-8H2,1-2H3,(H,20,24). The molecule has 3 rings (SSSR count). The van der Waals surface area contributed by atoms with E-state index in [2.05, 4.69) is 26.3 Å². The minimum absolute atomic E-state index is 0.207. The molecular formula is C18H20BrN3O4. The number of aromatic nitrogens is 2. The molecule has 1 aromatic carbocycles. The molecular weight excluding hydrogens is 402 g/mol. The smallest absolute Gasteiger partial charge is 0.272 e. The van der Waals surface area contributed by atoms with E-state index in [-0.39, 0.29) is 23.2 Å². The number of carbonyl (C=O) groups excluding carboxylic acids is 1. The molecule has 8 heteroatoms. The van der Waals surface area contributed by atoms with E-state index in [0.717, 1.165) is 16.5 Å². The molecule has 138 valence electrons. The lowest BCUT2D eigenvalue weighted by atomic mass is 10.1. The molecule has 1 aliphatic heterocycles. The number of hydrogen-bond donors (Lipinski definition) is 1. The van der Waals surface area contributed by atoms with Crippen molar-refractivity contribution < 1.29 is 14.3 Å². The third-order valence-corrected chi connectivity index (χ3v) is 4.70. The summed E-state index contributed by atoms with van der Waals surface area (Å²) in [5.74, 6) is 0.994. The van der Waals surface area contributed by atoms with Crippen LogP contribution in [0, 0.1) is 0 Å². The normalized spacial score (nSPS) is 14.0. The lowest BCUT2D eigenvalue weighted by Gasteiger charge is -2.22. The fourth-order valence-corrected chi connectivity index (χ4v) is 3.37. The highest BCUT2D eigenvalue weighted by atomic mass is 79.9. The number of halogens is 1. The second-order valence-electron chi connectivity index (χ2n) is 5.99. The van der Waals surface area contributed by atoms with Crippen molar-refractivity contribution in [1.29, 1.82) is 0 Å². The number of nitrogens with zero attached hydrogens (tertiary/aromatic N) is 2. The highest BCUT2D eigenvalue weighted by Crippen LogP contribution is 2.37. The van der Waals surface area contributed by atoms with E-state index in [1.54, 1.807) is 0 Å². The predicted octanol–water partition coefficient (Wildman–Crippen LogP) is 2.68. The second-order valence-corrected chi connectivity index (χ2v) is 6.85. The summed E-state index contributed by atoms with van der Waals surface area (Å²) in [6.07, 6.45) is 0.762. The molecule has 26 heavy (non-hydrogen) atoms. The van der Waals surface area contributed by atoms with Gasteiger partial charge in [0, 0.05) is 17.1 Å². The van der Waals surface area contributed by atoms with Crippen LogP contribution in [-0.2, 0) is 6.54 Å². The average Bonchev–Trinajstić information content (AvgIpc) is 2.63. The summed E-state index contributed by atoms with van der Waals surface area (Å²) in [4.78, 5) is 24.3. The minimum atomic E-state index is -0.343. The Bertz CT molecular complexity index is 881. The first-order valence-electron chi connectivity index (χ1n) is 8.47. The molecule has 0 saturated carbocycles. The molecule has 0 radical (unpaired) electrons. The molecule has 2 heterocycles. The first-order chi connectivity index (χ1) is 12.5. The fraction of sp³-hybridized carbons (Fsp3) is 0.389. The number of amides is 1. The molecule has 2 aromatic rings.